The molecule has 2 aliphatic rings. The highest BCUT2D eigenvalue weighted by atomic mass is 16.2. The first-order chi connectivity index (χ1) is 16.0. The SMILES string of the molecule is Cc1cc(N2Cc3c(ccnc3-c3cccc4c3ccn4C)C2=O)nc(N2CCC(N)C2)n1. The lowest BCUT2D eigenvalue weighted by Gasteiger charge is -2.20. The predicted octanol–water partition coefficient (Wildman–Crippen LogP) is 3.04. The molecule has 0 radical (unpaired) electrons. The van der Waals surface area contributed by atoms with E-state index in [1.165, 1.54) is 0 Å². The molecule has 1 unspecified atom stereocenters. The Hall–Kier alpha value is -3.78. The Kier molecular flexibility index (Phi) is 4.45. The van der Waals surface area contributed by atoms with Crippen molar-refractivity contribution in [2.24, 2.45) is 12.8 Å². The Bertz CT molecular complexity index is 1410. The van der Waals surface area contributed by atoms with Gasteiger partial charge in [-0.05, 0) is 31.5 Å². The van der Waals surface area contributed by atoms with Gasteiger partial charge in [-0.3, -0.25) is 14.7 Å². The average Bonchev–Trinajstić information content (AvgIpc) is 3.51. The van der Waals surface area contributed by atoms with Crippen LogP contribution in [-0.4, -0.2) is 44.6 Å². The molecule has 1 aromatic carbocycles. The molecule has 33 heavy (non-hydrogen) atoms. The number of aryl methyl sites for hydroxylation is 2. The first-order valence-corrected chi connectivity index (χ1v) is 11.2. The van der Waals surface area contributed by atoms with E-state index in [-0.39, 0.29) is 11.9 Å². The van der Waals surface area contributed by atoms with Gasteiger partial charge in [0.25, 0.3) is 5.91 Å². The molecule has 5 heterocycles. The molecule has 8 heteroatoms. The van der Waals surface area contributed by atoms with Crippen LogP contribution < -0.4 is 15.5 Å². The van der Waals surface area contributed by atoms with E-state index < -0.39 is 0 Å². The summed E-state index contributed by atoms with van der Waals surface area (Å²) in [5.41, 5.74) is 11.5. The Labute approximate surface area is 191 Å². The number of pyridine rings is 1. The molecule has 0 spiro atoms. The van der Waals surface area contributed by atoms with E-state index in [0.29, 0.717) is 23.9 Å². The fraction of sp³-hybridized carbons (Fsp3) is 0.280. The van der Waals surface area contributed by atoms with E-state index in [4.69, 9.17) is 15.7 Å². The van der Waals surface area contributed by atoms with E-state index in [0.717, 1.165) is 52.9 Å². The molecule has 1 amide bonds. The van der Waals surface area contributed by atoms with Gasteiger partial charge < -0.3 is 15.2 Å². The molecule has 1 fully saturated rings. The molecule has 1 saturated heterocycles. The molecular weight excluding hydrogens is 414 g/mol. The van der Waals surface area contributed by atoms with Crippen LogP contribution >= 0.6 is 0 Å². The standard InChI is InChI=1S/C25H25N7O/c1-15-12-22(29-25(28-15)31-11-7-16(26)13-31)32-14-20-19(24(32)33)6-9-27-23(20)18-4-3-5-21-17(18)8-10-30(21)2/h3-6,8-10,12,16H,7,11,13-14,26H2,1-2H3. The summed E-state index contributed by atoms with van der Waals surface area (Å²) in [5, 5.41) is 1.12. The lowest BCUT2D eigenvalue weighted by Crippen LogP contribution is -2.29. The number of carbonyl (C=O) groups is 1. The third kappa shape index (κ3) is 3.17. The van der Waals surface area contributed by atoms with Crippen molar-refractivity contribution < 1.29 is 4.79 Å². The molecule has 0 saturated carbocycles. The van der Waals surface area contributed by atoms with Gasteiger partial charge in [-0.1, -0.05) is 12.1 Å². The summed E-state index contributed by atoms with van der Waals surface area (Å²) in [4.78, 5) is 31.3. The maximum atomic E-state index is 13.4. The Morgan fingerprint density at radius 2 is 2.00 bits per heavy atom. The third-order valence-corrected chi connectivity index (χ3v) is 6.64. The lowest BCUT2D eigenvalue weighted by atomic mass is 10.00. The summed E-state index contributed by atoms with van der Waals surface area (Å²) in [6, 6.07) is 12.1. The molecule has 2 aliphatic heterocycles. The van der Waals surface area contributed by atoms with E-state index in [1.807, 2.05) is 32.3 Å². The molecule has 4 aromatic rings. The van der Waals surface area contributed by atoms with Crippen LogP contribution in [0.3, 0.4) is 0 Å². The van der Waals surface area contributed by atoms with Gasteiger partial charge in [-0.2, -0.15) is 4.98 Å². The van der Waals surface area contributed by atoms with Crippen molar-refractivity contribution in [3.05, 3.63) is 65.6 Å². The maximum absolute atomic E-state index is 13.4. The molecule has 6 rings (SSSR count). The molecular formula is C25H25N7O. The molecule has 1 atom stereocenters. The summed E-state index contributed by atoms with van der Waals surface area (Å²) >= 11 is 0. The van der Waals surface area contributed by atoms with Gasteiger partial charge in [-0.25, -0.2) is 4.98 Å². The van der Waals surface area contributed by atoms with Crippen molar-refractivity contribution in [1.29, 1.82) is 0 Å². The molecule has 0 bridgehead atoms. The van der Waals surface area contributed by atoms with Gasteiger partial charge in [0.1, 0.15) is 5.82 Å². The Morgan fingerprint density at radius 3 is 2.82 bits per heavy atom. The number of aromatic nitrogens is 4. The van der Waals surface area contributed by atoms with Crippen LogP contribution in [0.2, 0.25) is 0 Å². The second-order valence-electron chi connectivity index (χ2n) is 8.90. The molecule has 8 nitrogen and oxygen atoms in total. The van der Waals surface area contributed by atoms with Crippen molar-refractivity contribution >= 4 is 28.6 Å². The zero-order chi connectivity index (χ0) is 22.7. The first kappa shape index (κ1) is 19.9. The van der Waals surface area contributed by atoms with E-state index in [9.17, 15) is 4.79 Å². The summed E-state index contributed by atoms with van der Waals surface area (Å²) in [7, 11) is 2.03. The smallest absolute Gasteiger partial charge is 0.260 e. The van der Waals surface area contributed by atoms with Gasteiger partial charge in [0.15, 0.2) is 0 Å². The molecule has 166 valence electrons. The number of benzene rings is 1. The minimum atomic E-state index is -0.0592. The normalized spacial score (nSPS) is 17.9. The van der Waals surface area contributed by atoms with Crippen LogP contribution in [0.25, 0.3) is 22.2 Å². The first-order valence-electron chi connectivity index (χ1n) is 11.2. The molecule has 2 N–H and O–H groups in total. The van der Waals surface area contributed by atoms with Gasteiger partial charge in [0.2, 0.25) is 5.95 Å². The monoisotopic (exact) mass is 439 g/mol. The van der Waals surface area contributed by atoms with Crippen LogP contribution in [0, 0.1) is 6.92 Å². The van der Waals surface area contributed by atoms with Crippen LogP contribution in [0.1, 0.15) is 28.0 Å². The van der Waals surface area contributed by atoms with Gasteiger partial charge in [-0.15, -0.1) is 0 Å². The number of fused-ring (bicyclic) bond motifs is 2. The van der Waals surface area contributed by atoms with E-state index in [2.05, 4.69) is 32.7 Å². The third-order valence-electron chi connectivity index (χ3n) is 6.64. The number of hydrogen-bond acceptors (Lipinski definition) is 6. The number of amides is 1. The lowest BCUT2D eigenvalue weighted by molar-refractivity contribution is 0.0996. The van der Waals surface area contributed by atoms with Crippen molar-refractivity contribution in [1.82, 2.24) is 19.5 Å². The second-order valence-corrected chi connectivity index (χ2v) is 8.90. The number of carbonyl (C=O) groups excluding carboxylic acids is 1. The molecule has 0 aliphatic carbocycles. The van der Waals surface area contributed by atoms with Crippen molar-refractivity contribution in [3.8, 4) is 11.3 Å². The summed E-state index contributed by atoms with van der Waals surface area (Å²) in [5.74, 6) is 1.19. The van der Waals surface area contributed by atoms with Crippen LogP contribution in [0.5, 0.6) is 0 Å². The van der Waals surface area contributed by atoms with Gasteiger partial charge >= 0.3 is 0 Å². The topological polar surface area (TPSA) is 93.2 Å². The van der Waals surface area contributed by atoms with Crippen molar-refractivity contribution in [2.45, 2.75) is 25.9 Å². The fourth-order valence-corrected chi connectivity index (χ4v) is 4.94. The molecule has 3 aromatic heterocycles. The highest BCUT2D eigenvalue weighted by Gasteiger charge is 2.33. The van der Waals surface area contributed by atoms with E-state index in [1.54, 1.807) is 17.2 Å². The Balaban J connectivity index is 1.41. The maximum Gasteiger partial charge on any atom is 0.260 e. The van der Waals surface area contributed by atoms with Crippen LogP contribution in [-0.2, 0) is 13.6 Å². The van der Waals surface area contributed by atoms with Crippen LogP contribution in [0.15, 0.2) is 48.8 Å². The fourth-order valence-electron chi connectivity index (χ4n) is 4.94. The zero-order valence-corrected chi connectivity index (χ0v) is 18.7. The Morgan fingerprint density at radius 1 is 1.12 bits per heavy atom. The largest absolute Gasteiger partial charge is 0.351 e. The number of nitrogens with two attached hydrogens (primary N) is 1. The van der Waals surface area contributed by atoms with Crippen LogP contribution in [0.4, 0.5) is 11.8 Å². The average molecular weight is 440 g/mol. The van der Waals surface area contributed by atoms with Crippen molar-refractivity contribution in [2.75, 3.05) is 22.9 Å². The summed E-state index contributed by atoms with van der Waals surface area (Å²) < 4.78 is 2.09. The number of hydrogen-bond donors (Lipinski definition) is 1. The quantitative estimate of drug-likeness (QED) is 0.527. The number of nitrogens with zero attached hydrogens (tertiary/aromatic N) is 6. The zero-order valence-electron chi connectivity index (χ0n) is 18.7. The highest BCUT2D eigenvalue weighted by Crippen LogP contribution is 2.36. The highest BCUT2D eigenvalue weighted by molar-refractivity contribution is 6.11. The van der Waals surface area contributed by atoms with Crippen molar-refractivity contribution in [3.63, 3.8) is 0 Å². The number of rotatable bonds is 3. The number of anilines is 2. The predicted molar refractivity (Wildman–Crippen MR) is 128 cm³/mol. The minimum Gasteiger partial charge on any atom is -0.351 e. The second kappa shape index (κ2) is 7.38. The minimum absolute atomic E-state index is 0.0592. The van der Waals surface area contributed by atoms with Gasteiger partial charge in [0, 0.05) is 77.9 Å². The van der Waals surface area contributed by atoms with Gasteiger partial charge in [0.05, 0.1) is 12.2 Å². The summed E-state index contributed by atoms with van der Waals surface area (Å²) in [6.45, 7) is 3.91. The van der Waals surface area contributed by atoms with E-state index >= 15 is 0 Å². The summed E-state index contributed by atoms with van der Waals surface area (Å²) in [6.07, 6.45) is 4.69.